The van der Waals surface area contributed by atoms with Crippen LogP contribution in [0.15, 0.2) is 33.4 Å². The van der Waals surface area contributed by atoms with E-state index >= 15 is 0 Å². The number of hydrogen-bond acceptors (Lipinski definition) is 6. The summed E-state index contributed by atoms with van der Waals surface area (Å²) in [7, 11) is -2.63. The van der Waals surface area contributed by atoms with Crippen molar-refractivity contribution in [3.8, 4) is 11.4 Å². The predicted molar refractivity (Wildman–Crippen MR) is 84.9 cm³/mol. The van der Waals surface area contributed by atoms with Crippen molar-refractivity contribution in [2.45, 2.75) is 13.1 Å². The number of alkyl halides is 3. The van der Waals surface area contributed by atoms with Crippen molar-refractivity contribution in [2.75, 3.05) is 12.0 Å². The number of hydrogen-bond donors (Lipinski definition) is 0. The smallest absolute Gasteiger partial charge is 0.329 e. The Morgan fingerprint density at radius 3 is 2.73 bits per heavy atom. The zero-order chi connectivity index (χ0) is 19.1. The van der Waals surface area contributed by atoms with Crippen molar-refractivity contribution in [2.24, 2.45) is 4.36 Å². The Morgan fingerprint density at radius 2 is 2.12 bits per heavy atom. The molecular weight excluding hydrogens is 375 g/mol. The Labute approximate surface area is 145 Å². The molecule has 138 valence electrons. The molecule has 3 aromatic heterocycles. The third-order valence-corrected chi connectivity index (χ3v) is 5.04. The van der Waals surface area contributed by atoms with E-state index in [0.29, 0.717) is 0 Å². The number of nitrogens with zero attached hydrogens (tertiary/aromatic N) is 5. The number of rotatable bonds is 3. The van der Waals surface area contributed by atoms with Gasteiger partial charge in [-0.15, -0.1) is 0 Å². The van der Waals surface area contributed by atoms with Crippen molar-refractivity contribution < 1.29 is 26.7 Å². The molecule has 3 heterocycles. The Morgan fingerprint density at radius 1 is 1.38 bits per heavy atom. The van der Waals surface area contributed by atoms with Gasteiger partial charge in [0.1, 0.15) is 11.3 Å². The van der Waals surface area contributed by atoms with Crippen LogP contribution in [0.3, 0.4) is 0 Å². The molecule has 0 aromatic carbocycles. The number of imidazole rings is 1. The molecule has 0 bridgehead atoms. The first-order chi connectivity index (χ1) is 12.1. The van der Waals surface area contributed by atoms with Gasteiger partial charge in [0.2, 0.25) is 5.82 Å². The molecule has 0 N–H and O–H groups in total. The third-order valence-electron chi connectivity index (χ3n) is 3.42. The largest absolute Gasteiger partial charge is 0.471 e. The van der Waals surface area contributed by atoms with Gasteiger partial charge < -0.3 is 8.92 Å². The number of aromatic nitrogens is 4. The SMILES string of the molecule is CCS(C)(=O)=NC(=O)c1cn2ccc(-c3noc(C(F)(F)F)n3)cc2n1. The van der Waals surface area contributed by atoms with E-state index < -0.39 is 27.7 Å². The first kappa shape index (κ1) is 18.0. The van der Waals surface area contributed by atoms with Gasteiger partial charge in [0, 0.05) is 30.0 Å². The maximum atomic E-state index is 12.5. The molecule has 0 saturated carbocycles. The molecule has 1 amide bonds. The third kappa shape index (κ3) is 3.59. The lowest BCUT2D eigenvalue weighted by Crippen LogP contribution is -2.05. The first-order valence-corrected chi connectivity index (χ1v) is 9.32. The van der Waals surface area contributed by atoms with Gasteiger partial charge in [-0.3, -0.25) is 4.79 Å². The van der Waals surface area contributed by atoms with E-state index in [9.17, 15) is 22.2 Å². The minimum atomic E-state index is -4.74. The zero-order valence-electron chi connectivity index (χ0n) is 13.5. The molecule has 1 unspecified atom stereocenters. The summed E-state index contributed by atoms with van der Waals surface area (Å²) in [5.41, 5.74) is 0.457. The van der Waals surface area contributed by atoms with Crippen LogP contribution in [-0.2, 0) is 15.9 Å². The molecule has 3 aromatic rings. The number of pyridine rings is 1. The quantitative estimate of drug-likeness (QED) is 0.685. The molecule has 0 aliphatic heterocycles. The van der Waals surface area contributed by atoms with Crippen LogP contribution in [-0.4, -0.2) is 41.7 Å². The van der Waals surface area contributed by atoms with E-state index in [0.717, 1.165) is 0 Å². The van der Waals surface area contributed by atoms with Crippen LogP contribution >= 0.6 is 0 Å². The standard InChI is InChI=1S/C14H12F3N5O3S/c1-3-26(2,24)21-12(23)9-7-22-5-4-8(6-10(22)18-9)11-19-13(25-20-11)14(15,16)17/h4-7H,3H2,1-2H3. The highest BCUT2D eigenvalue weighted by molar-refractivity contribution is 7.93. The maximum absolute atomic E-state index is 12.5. The lowest BCUT2D eigenvalue weighted by molar-refractivity contribution is -0.159. The van der Waals surface area contributed by atoms with Gasteiger partial charge in [0.05, 0.1) is 9.73 Å². The molecule has 0 saturated heterocycles. The molecule has 12 heteroatoms. The number of carbonyl (C=O) groups is 1. The van der Waals surface area contributed by atoms with Gasteiger partial charge in [0.15, 0.2) is 0 Å². The van der Waals surface area contributed by atoms with E-state index in [-0.39, 0.29) is 28.5 Å². The van der Waals surface area contributed by atoms with Gasteiger partial charge in [0.25, 0.3) is 0 Å². The second-order valence-electron chi connectivity index (χ2n) is 5.37. The van der Waals surface area contributed by atoms with E-state index in [1.165, 1.54) is 35.2 Å². The van der Waals surface area contributed by atoms with Crippen LogP contribution in [0.5, 0.6) is 0 Å². The van der Waals surface area contributed by atoms with Gasteiger partial charge in [-0.05, 0) is 12.1 Å². The van der Waals surface area contributed by atoms with E-state index in [2.05, 4.69) is 24.0 Å². The molecule has 0 radical (unpaired) electrons. The van der Waals surface area contributed by atoms with E-state index in [1.54, 1.807) is 6.92 Å². The first-order valence-electron chi connectivity index (χ1n) is 7.23. The van der Waals surface area contributed by atoms with Gasteiger partial charge in [-0.25, -0.2) is 9.19 Å². The van der Waals surface area contributed by atoms with Crippen LogP contribution in [0.2, 0.25) is 0 Å². The Kier molecular flexibility index (Phi) is 4.30. The minimum absolute atomic E-state index is 0.0331. The van der Waals surface area contributed by atoms with E-state index in [1.807, 2.05) is 0 Å². The summed E-state index contributed by atoms with van der Waals surface area (Å²) < 4.78 is 58.9. The molecule has 1 atom stereocenters. The summed E-state index contributed by atoms with van der Waals surface area (Å²) >= 11 is 0. The molecule has 8 nitrogen and oxygen atoms in total. The predicted octanol–water partition coefficient (Wildman–Crippen LogP) is 2.66. The van der Waals surface area contributed by atoms with Crippen LogP contribution in [0.25, 0.3) is 17.0 Å². The summed E-state index contributed by atoms with van der Waals surface area (Å²) in [4.78, 5) is 19.4. The monoisotopic (exact) mass is 387 g/mol. The second-order valence-corrected chi connectivity index (χ2v) is 8.05. The highest BCUT2D eigenvalue weighted by Crippen LogP contribution is 2.29. The molecule has 0 fully saturated rings. The van der Waals surface area contributed by atoms with Gasteiger partial charge in [-0.1, -0.05) is 12.1 Å². The summed E-state index contributed by atoms with van der Waals surface area (Å²) in [5, 5.41) is 3.29. The van der Waals surface area contributed by atoms with Crippen LogP contribution in [0.4, 0.5) is 13.2 Å². The number of carbonyl (C=O) groups excluding carboxylic acids is 1. The van der Waals surface area contributed by atoms with Gasteiger partial charge in [-0.2, -0.15) is 22.5 Å². The van der Waals surface area contributed by atoms with Crippen molar-refractivity contribution >= 4 is 21.3 Å². The average molecular weight is 387 g/mol. The summed E-state index contributed by atoms with van der Waals surface area (Å²) in [6, 6.07) is 2.84. The Hall–Kier alpha value is -2.76. The normalized spacial score (nSPS) is 14.3. The lowest BCUT2D eigenvalue weighted by Gasteiger charge is -1.97. The highest BCUT2D eigenvalue weighted by Gasteiger charge is 2.38. The van der Waals surface area contributed by atoms with Crippen LogP contribution in [0, 0.1) is 0 Å². The Balaban J connectivity index is 1.98. The maximum Gasteiger partial charge on any atom is 0.471 e. The van der Waals surface area contributed by atoms with Crippen LogP contribution in [0.1, 0.15) is 23.3 Å². The topological polar surface area (TPSA) is 103 Å². The fraction of sp³-hybridized carbons (Fsp3) is 0.286. The fourth-order valence-electron chi connectivity index (χ4n) is 1.97. The molecule has 0 spiro atoms. The highest BCUT2D eigenvalue weighted by atomic mass is 32.2. The number of fused-ring (bicyclic) bond motifs is 1. The Bertz CT molecular complexity index is 1110. The molecule has 3 rings (SSSR count). The summed E-state index contributed by atoms with van der Waals surface area (Å²) in [6.45, 7) is 1.65. The van der Waals surface area contributed by atoms with Crippen molar-refractivity contribution in [1.29, 1.82) is 0 Å². The van der Waals surface area contributed by atoms with E-state index in [4.69, 9.17) is 0 Å². The zero-order valence-corrected chi connectivity index (χ0v) is 14.3. The number of amides is 1. The molecule has 0 aliphatic carbocycles. The summed E-state index contributed by atoms with van der Waals surface area (Å²) in [6.07, 6.45) is -0.516. The minimum Gasteiger partial charge on any atom is -0.329 e. The second kappa shape index (κ2) is 6.20. The van der Waals surface area contributed by atoms with Gasteiger partial charge >= 0.3 is 18.0 Å². The summed E-state index contributed by atoms with van der Waals surface area (Å²) in [5.74, 6) is -2.23. The van der Waals surface area contributed by atoms with Crippen molar-refractivity contribution in [3.63, 3.8) is 0 Å². The van der Waals surface area contributed by atoms with Crippen LogP contribution < -0.4 is 0 Å². The fourth-order valence-corrected chi connectivity index (χ4v) is 2.54. The average Bonchev–Trinajstić information content (AvgIpc) is 3.20. The molecule has 0 aliphatic rings. The van der Waals surface area contributed by atoms with Crippen molar-refractivity contribution in [1.82, 2.24) is 19.5 Å². The molecule has 26 heavy (non-hydrogen) atoms. The number of halogens is 3. The lowest BCUT2D eigenvalue weighted by atomic mass is 10.2. The molecular formula is C14H12F3N5O3S. The van der Waals surface area contributed by atoms with Crippen molar-refractivity contribution in [3.05, 3.63) is 36.1 Å².